The second-order valence-electron chi connectivity index (χ2n) is 4.44. The van der Waals surface area contributed by atoms with Crippen LogP contribution in [0.2, 0.25) is 0 Å². The molecular formula is C16H14O5. The van der Waals surface area contributed by atoms with Crippen molar-refractivity contribution in [2.45, 2.75) is 0 Å². The van der Waals surface area contributed by atoms with E-state index in [1.165, 1.54) is 14.2 Å². The SMILES string of the molecule is COCOc1cccc2oc3cccc(OC)c3c(=O)c12. The Bertz CT molecular complexity index is 850. The predicted molar refractivity (Wildman–Crippen MR) is 79.0 cm³/mol. The lowest BCUT2D eigenvalue weighted by molar-refractivity contribution is 0.0522. The molecule has 0 fully saturated rings. The fraction of sp³-hybridized carbons (Fsp3) is 0.188. The molecule has 0 spiro atoms. The lowest BCUT2D eigenvalue weighted by Crippen LogP contribution is -2.07. The Morgan fingerprint density at radius 1 is 0.952 bits per heavy atom. The van der Waals surface area contributed by atoms with E-state index in [0.29, 0.717) is 33.4 Å². The first-order valence-electron chi connectivity index (χ1n) is 6.40. The van der Waals surface area contributed by atoms with Gasteiger partial charge < -0.3 is 18.6 Å². The monoisotopic (exact) mass is 286 g/mol. The van der Waals surface area contributed by atoms with Crippen molar-refractivity contribution >= 4 is 21.9 Å². The maximum atomic E-state index is 12.8. The topological polar surface area (TPSA) is 57.9 Å². The highest BCUT2D eigenvalue weighted by Gasteiger charge is 2.15. The zero-order valence-corrected chi connectivity index (χ0v) is 11.7. The number of ether oxygens (including phenoxy) is 3. The van der Waals surface area contributed by atoms with Crippen LogP contribution in [0, 0.1) is 0 Å². The molecule has 3 rings (SSSR count). The second kappa shape index (κ2) is 5.46. The third-order valence-corrected chi connectivity index (χ3v) is 3.20. The van der Waals surface area contributed by atoms with Gasteiger partial charge in [0.15, 0.2) is 6.79 Å². The molecule has 0 aliphatic rings. The normalized spacial score (nSPS) is 11.0. The van der Waals surface area contributed by atoms with E-state index in [-0.39, 0.29) is 12.2 Å². The van der Waals surface area contributed by atoms with Crippen molar-refractivity contribution in [1.82, 2.24) is 0 Å². The molecule has 108 valence electrons. The van der Waals surface area contributed by atoms with Crippen LogP contribution in [-0.2, 0) is 4.74 Å². The van der Waals surface area contributed by atoms with Crippen LogP contribution >= 0.6 is 0 Å². The molecule has 5 nitrogen and oxygen atoms in total. The Labute approximate surface area is 120 Å². The Balaban J connectivity index is 2.39. The summed E-state index contributed by atoms with van der Waals surface area (Å²) in [7, 11) is 3.04. The molecule has 5 heteroatoms. The van der Waals surface area contributed by atoms with Crippen LogP contribution in [0.1, 0.15) is 0 Å². The van der Waals surface area contributed by atoms with Gasteiger partial charge in [-0.3, -0.25) is 4.79 Å². The van der Waals surface area contributed by atoms with Gasteiger partial charge in [-0.15, -0.1) is 0 Å². The van der Waals surface area contributed by atoms with Crippen LogP contribution < -0.4 is 14.9 Å². The van der Waals surface area contributed by atoms with E-state index >= 15 is 0 Å². The Morgan fingerprint density at radius 3 is 2.19 bits per heavy atom. The Kier molecular flexibility index (Phi) is 3.50. The smallest absolute Gasteiger partial charge is 0.208 e. The number of hydrogen-bond donors (Lipinski definition) is 0. The van der Waals surface area contributed by atoms with Gasteiger partial charge in [0, 0.05) is 7.11 Å². The van der Waals surface area contributed by atoms with Crippen LogP contribution in [0.4, 0.5) is 0 Å². The van der Waals surface area contributed by atoms with Gasteiger partial charge >= 0.3 is 0 Å². The number of benzene rings is 2. The lowest BCUT2D eigenvalue weighted by atomic mass is 10.1. The van der Waals surface area contributed by atoms with Gasteiger partial charge in [-0.1, -0.05) is 12.1 Å². The Morgan fingerprint density at radius 2 is 1.57 bits per heavy atom. The predicted octanol–water partition coefficient (Wildman–Crippen LogP) is 2.94. The van der Waals surface area contributed by atoms with Crippen LogP contribution in [0.5, 0.6) is 11.5 Å². The third kappa shape index (κ3) is 2.21. The molecular weight excluding hydrogens is 272 g/mol. The van der Waals surface area contributed by atoms with Crippen molar-refractivity contribution in [3.05, 3.63) is 46.6 Å². The van der Waals surface area contributed by atoms with Gasteiger partial charge in [0.1, 0.15) is 33.4 Å². The molecule has 0 saturated heterocycles. The number of hydrogen-bond acceptors (Lipinski definition) is 5. The summed E-state index contributed by atoms with van der Waals surface area (Å²) in [6, 6.07) is 10.4. The molecule has 21 heavy (non-hydrogen) atoms. The maximum Gasteiger partial charge on any atom is 0.208 e. The molecule has 0 amide bonds. The number of methoxy groups -OCH3 is 2. The average Bonchev–Trinajstić information content (AvgIpc) is 2.52. The minimum atomic E-state index is -0.185. The zero-order valence-electron chi connectivity index (χ0n) is 11.7. The molecule has 0 radical (unpaired) electrons. The molecule has 1 heterocycles. The molecule has 1 aromatic heterocycles. The molecule has 0 bridgehead atoms. The summed E-state index contributed by atoms with van der Waals surface area (Å²) in [5.74, 6) is 0.903. The van der Waals surface area contributed by atoms with Gasteiger partial charge in [0.2, 0.25) is 5.43 Å². The summed E-state index contributed by atoms with van der Waals surface area (Å²) >= 11 is 0. The summed E-state index contributed by atoms with van der Waals surface area (Å²) in [4.78, 5) is 12.8. The first-order valence-corrected chi connectivity index (χ1v) is 6.40. The van der Waals surface area contributed by atoms with Gasteiger partial charge in [0.25, 0.3) is 0 Å². The first kappa shape index (κ1) is 13.5. The molecule has 0 atom stereocenters. The summed E-state index contributed by atoms with van der Waals surface area (Å²) in [5, 5.41) is 0.785. The van der Waals surface area contributed by atoms with E-state index in [4.69, 9.17) is 18.6 Å². The highest BCUT2D eigenvalue weighted by atomic mass is 16.7. The largest absolute Gasteiger partial charge is 0.496 e. The highest BCUT2D eigenvalue weighted by molar-refractivity contribution is 5.95. The van der Waals surface area contributed by atoms with E-state index in [9.17, 15) is 4.79 Å². The highest BCUT2D eigenvalue weighted by Crippen LogP contribution is 2.29. The molecule has 0 N–H and O–H groups in total. The lowest BCUT2D eigenvalue weighted by Gasteiger charge is -2.09. The van der Waals surface area contributed by atoms with Crippen molar-refractivity contribution in [3.63, 3.8) is 0 Å². The fourth-order valence-electron chi connectivity index (χ4n) is 2.30. The molecule has 0 aliphatic carbocycles. The van der Waals surface area contributed by atoms with Crippen molar-refractivity contribution < 1.29 is 18.6 Å². The number of rotatable bonds is 4. The van der Waals surface area contributed by atoms with E-state index in [0.717, 1.165) is 0 Å². The van der Waals surface area contributed by atoms with E-state index < -0.39 is 0 Å². The van der Waals surface area contributed by atoms with Crippen molar-refractivity contribution in [2.75, 3.05) is 21.0 Å². The number of fused-ring (bicyclic) bond motifs is 2. The molecule has 2 aromatic carbocycles. The van der Waals surface area contributed by atoms with E-state index in [1.54, 1.807) is 36.4 Å². The summed E-state index contributed by atoms with van der Waals surface area (Å²) in [5.41, 5.74) is 0.764. The molecule has 0 unspecified atom stereocenters. The molecule has 0 aliphatic heterocycles. The first-order chi connectivity index (χ1) is 10.3. The molecule has 0 saturated carbocycles. The second-order valence-corrected chi connectivity index (χ2v) is 4.44. The third-order valence-electron chi connectivity index (χ3n) is 3.20. The van der Waals surface area contributed by atoms with Crippen molar-refractivity contribution in [2.24, 2.45) is 0 Å². The minimum absolute atomic E-state index is 0.0581. The quantitative estimate of drug-likeness (QED) is 0.545. The molecule has 3 aromatic rings. The standard InChI is InChI=1S/C16H14O5/c1-18-9-20-11-6-4-8-13-15(11)16(17)14-10(19-2)5-3-7-12(14)21-13/h3-8H,9H2,1-2H3. The maximum absolute atomic E-state index is 12.8. The summed E-state index contributed by atoms with van der Waals surface area (Å²) < 4.78 is 21.4. The fourth-order valence-corrected chi connectivity index (χ4v) is 2.30. The van der Waals surface area contributed by atoms with Gasteiger partial charge in [-0.05, 0) is 24.3 Å². The van der Waals surface area contributed by atoms with E-state index in [2.05, 4.69) is 0 Å². The summed E-state index contributed by atoms with van der Waals surface area (Å²) in [6.45, 7) is 0.0581. The average molecular weight is 286 g/mol. The van der Waals surface area contributed by atoms with Gasteiger partial charge in [0.05, 0.1) is 7.11 Å². The van der Waals surface area contributed by atoms with Crippen LogP contribution in [-0.4, -0.2) is 21.0 Å². The van der Waals surface area contributed by atoms with Crippen molar-refractivity contribution in [1.29, 1.82) is 0 Å². The van der Waals surface area contributed by atoms with Crippen molar-refractivity contribution in [3.8, 4) is 11.5 Å². The van der Waals surface area contributed by atoms with Crippen LogP contribution in [0.3, 0.4) is 0 Å². The zero-order chi connectivity index (χ0) is 14.8. The Hall–Kier alpha value is -2.53. The van der Waals surface area contributed by atoms with Crippen LogP contribution in [0.15, 0.2) is 45.6 Å². The summed E-state index contributed by atoms with van der Waals surface area (Å²) in [6.07, 6.45) is 0. The minimum Gasteiger partial charge on any atom is -0.496 e. The van der Waals surface area contributed by atoms with E-state index in [1.807, 2.05) is 0 Å². The van der Waals surface area contributed by atoms with Gasteiger partial charge in [-0.25, -0.2) is 0 Å². The van der Waals surface area contributed by atoms with Crippen LogP contribution in [0.25, 0.3) is 21.9 Å². The van der Waals surface area contributed by atoms with Gasteiger partial charge in [-0.2, -0.15) is 0 Å².